The van der Waals surface area contributed by atoms with Crippen LogP contribution >= 0.6 is 23.4 Å². The van der Waals surface area contributed by atoms with Gasteiger partial charge in [0.2, 0.25) is 11.8 Å². The molecule has 3 aromatic rings. The van der Waals surface area contributed by atoms with Gasteiger partial charge in [-0.2, -0.15) is 0 Å². The van der Waals surface area contributed by atoms with Crippen molar-refractivity contribution < 1.29 is 9.59 Å². The van der Waals surface area contributed by atoms with E-state index in [4.69, 9.17) is 11.6 Å². The highest BCUT2D eigenvalue weighted by molar-refractivity contribution is 7.99. The highest BCUT2D eigenvalue weighted by Gasteiger charge is 2.30. The van der Waals surface area contributed by atoms with Crippen molar-refractivity contribution in [3.63, 3.8) is 0 Å². The predicted octanol–water partition coefficient (Wildman–Crippen LogP) is 6.13. The molecular weight excluding hydrogens is 476 g/mol. The van der Waals surface area contributed by atoms with Crippen molar-refractivity contribution in [3.8, 4) is 0 Å². The second-order valence-corrected chi connectivity index (χ2v) is 10.1. The van der Waals surface area contributed by atoms with Crippen LogP contribution in [0.25, 0.3) is 0 Å². The Hall–Kier alpha value is -2.76. The van der Waals surface area contributed by atoms with Crippen LogP contribution in [-0.4, -0.2) is 34.6 Å². The Kier molecular flexibility index (Phi) is 10.7. The van der Waals surface area contributed by atoms with Gasteiger partial charge >= 0.3 is 0 Å². The van der Waals surface area contributed by atoms with Gasteiger partial charge in [0.1, 0.15) is 6.04 Å². The molecule has 0 aliphatic rings. The molecular formula is C29H33ClN2O2S. The minimum absolute atomic E-state index is 0.0284. The van der Waals surface area contributed by atoms with Gasteiger partial charge in [0.25, 0.3) is 0 Å². The normalized spacial score (nSPS) is 12.5. The zero-order valence-electron chi connectivity index (χ0n) is 20.3. The summed E-state index contributed by atoms with van der Waals surface area (Å²) in [5.74, 6) is 0.855. The van der Waals surface area contributed by atoms with Gasteiger partial charge in [0.15, 0.2) is 0 Å². The largest absolute Gasteiger partial charge is 0.352 e. The molecule has 2 amide bonds. The van der Waals surface area contributed by atoms with Gasteiger partial charge in [0.05, 0.1) is 5.75 Å². The standard InChI is InChI=1S/C29H33ClN2O2S/c1-3-22(2)31-29(34)27(18-23-10-6-4-7-11-23)32(19-24-14-16-26(30)17-15-24)28(33)21-35-20-25-12-8-5-9-13-25/h4-17,22,27H,3,18-21H2,1-2H3,(H,31,34)/t22-,27+/m1/s1. The summed E-state index contributed by atoms with van der Waals surface area (Å²) in [4.78, 5) is 28.8. The lowest BCUT2D eigenvalue weighted by Gasteiger charge is -2.32. The molecule has 0 heterocycles. The Morgan fingerprint density at radius 1 is 0.886 bits per heavy atom. The molecule has 0 unspecified atom stereocenters. The third-order valence-electron chi connectivity index (χ3n) is 5.88. The highest BCUT2D eigenvalue weighted by Crippen LogP contribution is 2.19. The fourth-order valence-electron chi connectivity index (χ4n) is 3.69. The minimum Gasteiger partial charge on any atom is -0.352 e. The Labute approximate surface area is 218 Å². The second kappa shape index (κ2) is 14.0. The Balaban J connectivity index is 1.85. The molecule has 3 rings (SSSR count). The third kappa shape index (κ3) is 8.75. The van der Waals surface area contributed by atoms with Crippen molar-refractivity contribution in [2.45, 2.75) is 51.1 Å². The molecule has 0 radical (unpaired) electrons. The molecule has 4 nitrogen and oxygen atoms in total. The van der Waals surface area contributed by atoms with Gasteiger partial charge < -0.3 is 10.2 Å². The van der Waals surface area contributed by atoms with Crippen molar-refractivity contribution in [2.75, 3.05) is 5.75 Å². The average molecular weight is 509 g/mol. The first-order valence-electron chi connectivity index (χ1n) is 12.0. The Morgan fingerprint density at radius 3 is 2.09 bits per heavy atom. The molecule has 0 spiro atoms. The molecule has 0 aliphatic carbocycles. The summed E-state index contributed by atoms with van der Waals surface area (Å²) in [7, 11) is 0. The number of benzene rings is 3. The number of hydrogen-bond donors (Lipinski definition) is 1. The van der Waals surface area contributed by atoms with E-state index < -0.39 is 6.04 Å². The van der Waals surface area contributed by atoms with E-state index in [9.17, 15) is 9.59 Å². The van der Waals surface area contributed by atoms with E-state index in [1.54, 1.807) is 16.7 Å². The maximum Gasteiger partial charge on any atom is 0.243 e. The smallest absolute Gasteiger partial charge is 0.243 e. The summed E-state index contributed by atoms with van der Waals surface area (Å²) in [6.07, 6.45) is 1.27. The molecule has 0 saturated carbocycles. The van der Waals surface area contributed by atoms with Crippen molar-refractivity contribution in [3.05, 3.63) is 107 Å². The van der Waals surface area contributed by atoms with Gasteiger partial charge in [-0.05, 0) is 42.2 Å². The molecule has 2 atom stereocenters. The summed E-state index contributed by atoms with van der Waals surface area (Å²) in [6.45, 7) is 4.36. The van der Waals surface area contributed by atoms with Crippen LogP contribution < -0.4 is 5.32 Å². The van der Waals surface area contributed by atoms with Crippen LogP contribution in [0, 0.1) is 0 Å². The van der Waals surface area contributed by atoms with Gasteiger partial charge in [-0.15, -0.1) is 11.8 Å². The van der Waals surface area contributed by atoms with Gasteiger partial charge in [0, 0.05) is 29.8 Å². The van der Waals surface area contributed by atoms with Gasteiger partial charge in [-0.1, -0.05) is 91.3 Å². The number of hydrogen-bond acceptors (Lipinski definition) is 3. The van der Waals surface area contributed by atoms with Gasteiger partial charge in [-0.25, -0.2) is 0 Å². The lowest BCUT2D eigenvalue weighted by atomic mass is 10.0. The topological polar surface area (TPSA) is 49.4 Å². The summed E-state index contributed by atoms with van der Waals surface area (Å²) in [6, 6.07) is 26.8. The van der Waals surface area contributed by atoms with E-state index in [1.165, 1.54) is 5.56 Å². The number of nitrogens with zero attached hydrogens (tertiary/aromatic N) is 1. The number of amides is 2. The summed E-state index contributed by atoms with van der Waals surface area (Å²) >= 11 is 7.65. The molecule has 184 valence electrons. The summed E-state index contributed by atoms with van der Waals surface area (Å²) < 4.78 is 0. The van der Waals surface area contributed by atoms with E-state index in [1.807, 2.05) is 86.6 Å². The van der Waals surface area contributed by atoms with E-state index in [2.05, 4.69) is 17.4 Å². The number of carbonyl (C=O) groups excluding carboxylic acids is 2. The van der Waals surface area contributed by atoms with E-state index >= 15 is 0 Å². The van der Waals surface area contributed by atoms with Crippen molar-refractivity contribution in [1.29, 1.82) is 0 Å². The first kappa shape index (κ1) is 26.8. The molecule has 0 saturated heterocycles. The van der Waals surface area contributed by atoms with Crippen LogP contribution in [0.5, 0.6) is 0 Å². The van der Waals surface area contributed by atoms with Crippen LogP contribution in [0.3, 0.4) is 0 Å². The zero-order valence-corrected chi connectivity index (χ0v) is 21.9. The Bertz CT molecular complexity index is 1060. The first-order chi connectivity index (χ1) is 17.0. The summed E-state index contributed by atoms with van der Waals surface area (Å²) in [5, 5.41) is 3.74. The molecule has 6 heteroatoms. The number of halogens is 1. The quantitative estimate of drug-likeness (QED) is 0.320. The first-order valence-corrected chi connectivity index (χ1v) is 13.5. The van der Waals surface area contributed by atoms with E-state index in [-0.39, 0.29) is 17.9 Å². The third-order valence-corrected chi connectivity index (χ3v) is 7.12. The van der Waals surface area contributed by atoms with Crippen LogP contribution in [0.2, 0.25) is 5.02 Å². The number of thioether (sulfide) groups is 1. The maximum atomic E-state index is 13.6. The molecule has 0 bridgehead atoms. The van der Waals surface area contributed by atoms with Crippen LogP contribution in [0.1, 0.15) is 37.0 Å². The summed E-state index contributed by atoms with van der Waals surface area (Å²) in [5.41, 5.74) is 3.12. The Morgan fingerprint density at radius 2 is 1.49 bits per heavy atom. The molecule has 3 aromatic carbocycles. The number of nitrogens with one attached hydrogen (secondary N) is 1. The lowest BCUT2D eigenvalue weighted by Crippen LogP contribution is -2.52. The molecule has 0 aromatic heterocycles. The lowest BCUT2D eigenvalue weighted by molar-refractivity contribution is -0.139. The molecule has 1 N–H and O–H groups in total. The zero-order chi connectivity index (χ0) is 25.0. The van der Waals surface area contributed by atoms with E-state index in [0.29, 0.717) is 23.7 Å². The van der Waals surface area contributed by atoms with Crippen molar-refractivity contribution in [1.82, 2.24) is 10.2 Å². The minimum atomic E-state index is -0.619. The predicted molar refractivity (Wildman–Crippen MR) is 146 cm³/mol. The van der Waals surface area contributed by atoms with Crippen LogP contribution in [0.4, 0.5) is 0 Å². The van der Waals surface area contributed by atoms with E-state index in [0.717, 1.165) is 23.3 Å². The average Bonchev–Trinajstić information content (AvgIpc) is 2.88. The van der Waals surface area contributed by atoms with Crippen LogP contribution in [0.15, 0.2) is 84.9 Å². The monoisotopic (exact) mass is 508 g/mol. The number of rotatable bonds is 12. The SMILES string of the molecule is CC[C@@H](C)NC(=O)[C@H](Cc1ccccc1)N(Cc1ccc(Cl)cc1)C(=O)CSCc1ccccc1. The van der Waals surface area contributed by atoms with Crippen molar-refractivity contribution in [2.24, 2.45) is 0 Å². The molecule has 0 aliphatic heterocycles. The maximum absolute atomic E-state index is 13.6. The second-order valence-electron chi connectivity index (χ2n) is 8.65. The fraction of sp³-hybridized carbons (Fsp3) is 0.310. The molecule has 0 fully saturated rings. The number of carbonyl (C=O) groups is 2. The highest BCUT2D eigenvalue weighted by atomic mass is 35.5. The fourth-order valence-corrected chi connectivity index (χ4v) is 4.69. The van der Waals surface area contributed by atoms with Crippen molar-refractivity contribution >= 4 is 35.2 Å². The molecule has 35 heavy (non-hydrogen) atoms. The van der Waals surface area contributed by atoms with Crippen LogP contribution in [-0.2, 0) is 28.3 Å². The van der Waals surface area contributed by atoms with Gasteiger partial charge in [-0.3, -0.25) is 9.59 Å².